The van der Waals surface area contributed by atoms with Crippen molar-refractivity contribution >= 4 is 23.8 Å². The van der Waals surface area contributed by atoms with E-state index in [1.165, 1.54) is 11.3 Å². The van der Waals surface area contributed by atoms with E-state index in [1.807, 2.05) is 6.92 Å². The van der Waals surface area contributed by atoms with Gasteiger partial charge in [-0.25, -0.2) is 9.59 Å². The van der Waals surface area contributed by atoms with Crippen molar-refractivity contribution in [1.29, 1.82) is 0 Å². The van der Waals surface area contributed by atoms with Gasteiger partial charge in [0.25, 0.3) is 0 Å². The molecule has 0 bridgehead atoms. The minimum atomic E-state index is -0.905. The van der Waals surface area contributed by atoms with E-state index in [0.717, 1.165) is 25.7 Å². The van der Waals surface area contributed by atoms with Gasteiger partial charge in [0.1, 0.15) is 6.04 Å². The predicted molar refractivity (Wildman–Crippen MR) is 79.8 cm³/mol. The van der Waals surface area contributed by atoms with E-state index < -0.39 is 12.0 Å². The zero-order chi connectivity index (χ0) is 14.8. The van der Waals surface area contributed by atoms with Crippen LogP contribution in [0.3, 0.4) is 0 Å². The normalized spacial score (nSPS) is 28.0. The number of rotatable bonds is 5. The molecule has 5 nitrogen and oxygen atoms in total. The molecule has 2 unspecified atom stereocenters. The molecule has 2 amide bonds. The molecular weight excluding hydrogens is 276 g/mol. The standard InChI is InChI=1S/C14H24N2O3S/c1-3-11-16(10(8-20-11)12(17)18)13(19)15-9-14(4-2)6-5-7-14/h10-11H,3-9H2,1-2H3,(H,15,19)(H,17,18). The SMILES string of the molecule is CCC1SCC(C(=O)O)N1C(=O)NCC1(CC)CCC1. The molecule has 2 aliphatic rings. The minimum absolute atomic E-state index is 0.0185. The van der Waals surface area contributed by atoms with Gasteiger partial charge in [-0.3, -0.25) is 4.90 Å². The van der Waals surface area contributed by atoms with Crippen molar-refractivity contribution in [2.75, 3.05) is 12.3 Å². The van der Waals surface area contributed by atoms with Crippen LogP contribution in [0.4, 0.5) is 4.79 Å². The summed E-state index contributed by atoms with van der Waals surface area (Å²) >= 11 is 1.56. The second-order valence-electron chi connectivity index (χ2n) is 5.82. The number of aliphatic carboxylic acids is 1. The summed E-state index contributed by atoms with van der Waals surface area (Å²) < 4.78 is 0. The van der Waals surface area contributed by atoms with Crippen LogP contribution in [0.1, 0.15) is 46.0 Å². The van der Waals surface area contributed by atoms with Crippen molar-refractivity contribution in [2.24, 2.45) is 5.41 Å². The van der Waals surface area contributed by atoms with Crippen LogP contribution in [0.5, 0.6) is 0 Å². The van der Waals surface area contributed by atoms with Gasteiger partial charge in [-0.1, -0.05) is 20.3 Å². The molecule has 0 radical (unpaired) electrons. The lowest BCUT2D eigenvalue weighted by Crippen LogP contribution is -2.52. The molecule has 2 rings (SSSR count). The van der Waals surface area contributed by atoms with Gasteiger partial charge in [0.15, 0.2) is 0 Å². The maximum atomic E-state index is 12.4. The van der Waals surface area contributed by atoms with Gasteiger partial charge in [-0.05, 0) is 31.1 Å². The molecule has 0 aromatic heterocycles. The molecule has 1 aliphatic heterocycles. The average molecular weight is 300 g/mol. The summed E-state index contributed by atoms with van der Waals surface area (Å²) in [6, 6.07) is -0.905. The number of carbonyl (C=O) groups excluding carboxylic acids is 1. The maximum absolute atomic E-state index is 12.4. The number of amides is 2. The molecule has 2 fully saturated rings. The quantitative estimate of drug-likeness (QED) is 0.818. The predicted octanol–water partition coefficient (Wildman–Crippen LogP) is 2.51. The molecule has 1 saturated heterocycles. The maximum Gasteiger partial charge on any atom is 0.327 e. The fourth-order valence-corrected chi connectivity index (χ4v) is 4.37. The number of thioether (sulfide) groups is 1. The van der Waals surface area contributed by atoms with Gasteiger partial charge in [0.05, 0.1) is 5.37 Å². The highest BCUT2D eigenvalue weighted by Crippen LogP contribution is 2.43. The largest absolute Gasteiger partial charge is 0.480 e. The Labute approximate surface area is 124 Å². The Morgan fingerprint density at radius 1 is 1.40 bits per heavy atom. The molecule has 2 N–H and O–H groups in total. The third kappa shape index (κ3) is 2.90. The second-order valence-corrected chi connectivity index (χ2v) is 7.03. The van der Waals surface area contributed by atoms with E-state index >= 15 is 0 Å². The molecular formula is C14H24N2O3S. The Bertz CT molecular complexity index is 379. The summed E-state index contributed by atoms with van der Waals surface area (Å²) in [6.07, 6.45) is 5.41. The molecule has 0 spiro atoms. The van der Waals surface area contributed by atoms with Crippen molar-refractivity contribution in [2.45, 2.75) is 57.4 Å². The van der Waals surface area contributed by atoms with E-state index in [4.69, 9.17) is 0 Å². The lowest BCUT2D eigenvalue weighted by Gasteiger charge is -2.42. The number of hydrogen-bond acceptors (Lipinski definition) is 3. The van der Waals surface area contributed by atoms with Crippen LogP contribution in [0, 0.1) is 5.41 Å². The monoisotopic (exact) mass is 300 g/mol. The van der Waals surface area contributed by atoms with Crippen molar-refractivity contribution in [3.63, 3.8) is 0 Å². The zero-order valence-corrected chi connectivity index (χ0v) is 13.0. The number of carbonyl (C=O) groups is 2. The van der Waals surface area contributed by atoms with E-state index in [9.17, 15) is 14.7 Å². The number of hydrogen-bond donors (Lipinski definition) is 2. The molecule has 114 valence electrons. The number of nitrogens with zero attached hydrogens (tertiary/aromatic N) is 1. The van der Waals surface area contributed by atoms with Gasteiger partial charge in [0.2, 0.25) is 0 Å². The van der Waals surface area contributed by atoms with E-state index in [2.05, 4.69) is 12.2 Å². The first-order valence-corrected chi connectivity index (χ1v) is 8.48. The topological polar surface area (TPSA) is 69.6 Å². The highest BCUT2D eigenvalue weighted by atomic mass is 32.2. The summed E-state index contributed by atoms with van der Waals surface area (Å²) in [5, 5.41) is 12.2. The van der Waals surface area contributed by atoms with Crippen molar-refractivity contribution in [3.05, 3.63) is 0 Å². The molecule has 1 aliphatic carbocycles. The van der Waals surface area contributed by atoms with Crippen LogP contribution in [-0.2, 0) is 4.79 Å². The molecule has 1 heterocycles. The van der Waals surface area contributed by atoms with Crippen molar-refractivity contribution < 1.29 is 14.7 Å². The van der Waals surface area contributed by atoms with Crippen LogP contribution in [0.15, 0.2) is 0 Å². The Kier molecular flexibility index (Phi) is 4.83. The van der Waals surface area contributed by atoms with E-state index in [-0.39, 0.29) is 16.8 Å². The Morgan fingerprint density at radius 2 is 2.10 bits per heavy atom. The van der Waals surface area contributed by atoms with Gasteiger partial charge < -0.3 is 10.4 Å². The smallest absolute Gasteiger partial charge is 0.327 e. The van der Waals surface area contributed by atoms with Gasteiger partial charge in [0, 0.05) is 12.3 Å². The minimum Gasteiger partial charge on any atom is -0.480 e. The Balaban J connectivity index is 1.96. The summed E-state index contributed by atoms with van der Waals surface area (Å²) in [5.41, 5.74) is 0.253. The molecule has 2 atom stereocenters. The lowest BCUT2D eigenvalue weighted by atomic mass is 9.67. The van der Waals surface area contributed by atoms with Crippen LogP contribution < -0.4 is 5.32 Å². The average Bonchev–Trinajstić information content (AvgIpc) is 2.81. The fraction of sp³-hybridized carbons (Fsp3) is 0.857. The van der Waals surface area contributed by atoms with Crippen molar-refractivity contribution in [1.82, 2.24) is 10.2 Å². The third-order valence-corrected chi connectivity index (χ3v) is 6.19. The number of nitrogens with one attached hydrogen (secondary N) is 1. The third-order valence-electron chi connectivity index (χ3n) is 4.74. The fourth-order valence-electron chi connectivity index (χ4n) is 3.03. The summed E-state index contributed by atoms with van der Waals surface area (Å²) in [6.45, 7) is 4.82. The van der Waals surface area contributed by atoms with Gasteiger partial charge in [-0.15, -0.1) is 11.8 Å². The van der Waals surface area contributed by atoms with Crippen LogP contribution >= 0.6 is 11.8 Å². The molecule has 0 aromatic rings. The van der Waals surface area contributed by atoms with Crippen LogP contribution in [0.2, 0.25) is 0 Å². The Hall–Kier alpha value is -0.910. The first-order valence-electron chi connectivity index (χ1n) is 7.43. The van der Waals surface area contributed by atoms with Crippen LogP contribution in [0.25, 0.3) is 0 Å². The number of carboxylic acid groups (broad SMARTS) is 1. The molecule has 6 heteroatoms. The number of urea groups is 1. The first-order chi connectivity index (χ1) is 9.53. The van der Waals surface area contributed by atoms with Gasteiger partial charge in [-0.2, -0.15) is 0 Å². The van der Waals surface area contributed by atoms with Crippen molar-refractivity contribution in [3.8, 4) is 0 Å². The van der Waals surface area contributed by atoms with Crippen LogP contribution in [-0.4, -0.2) is 45.7 Å². The second kappa shape index (κ2) is 6.24. The van der Waals surface area contributed by atoms with E-state index in [0.29, 0.717) is 12.3 Å². The number of carboxylic acids is 1. The zero-order valence-electron chi connectivity index (χ0n) is 12.2. The summed E-state index contributed by atoms with van der Waals surface area (Å²) in [5.74, 6) is -0.419. The summed E-state index contributed by atoms with van der Waals surface area (Å²) in [7, 11) is 0. The lowest BCUT2D eigenvalue weighted by molar-refractivity contribution is -0.141. The van der Waals surface area contributed by atoms with Gasteiger partial charge >= 0.3 is 12.0 Å². The molecule has 20 heavy (non-hydrogen) atoms. The summed E-state index contributed by atoms with van der Waals surface area (Å²) in [4.78, 5) is 25.2. The highest BCUT2D eigenvalue weighted by molar-refractivity contribution is 8.00. The molecule has 0 aromatic carbocycles. The first kappa shape index (κ1) is 15.5. The molecule has 1 saturated carbocycles. The highest BCUT2D eigenvalue weighted by Gasteiger charge is 2.42. The Morgan fingerprint density at radius 3 is 2.55 bits per heavy atom. The van der Waals surface area contributed by atoms with E-state index in [1.54, 1.807) is 11.8 Å².